The summed E-state index contributed by atoms with van der Waals surface area (Å²) in [7, 11) is -2.81. The van der Waals surface area contributed by atoms with E-state index in [9.17, 15) is 4.57 Å². The average molecular weight is 364 g/mol. The zero-order valence-corrected chi connectivity index (χ0v) is 15.3. The lowest BCUT2D eigenvalue weighted by molar-refractivity contribution is 0.426. The molecule has 1 fully saturated rings. The summed E-state index contributed by atoms with van der Waals surface area (Å²) >= 11 is 5.92. The van der Waals surface area contributed by atoms with Crippen molar-refractivity contribution in [1.29, 1.82) is 0 Å². The fourth-order valence-corrected chi connectivity index (χ4v) is 5.90. The molecule has 4 nitrogen and oxygen atoms in total. The molecule has 0 spiro atoms. The molecule has 1 heterocycles. The highest BCUT2D eigenvalue weighted by Gasteiger charge is 2.42. The van der Waals surface area contributed by atoms with Gasteiger partial charge in [-0.25, -0.2) is 14.4 Å². The Morgan fingerprint density at radius 2 is 1.50 bits per heavy atom. The van der Waals surface area contributed by atoms with Crippen molar-refractivity contribution in [1.82, 2.24) is 14.4 Å². The third-order valence-corrected chi connectivity index (χ3v) is 7.28. The Kier molecular flexibility index (Phi) is 6.09. The minimum atomic E-state index is -2.81. The number of nitrogens with one attached hydrogen (secondary N) is 1. The van der Waals surface area contributed by atoms with Crippen LogP contribution in [0, 0.1) is 0 Å². The summed E-state index contributed by atoms with van der Waals surface area (Å²) in [5.41, 5.74) is 2.30. The first kappa shape index (κ1) is 17.7. The fourth-order valence-electron chi connectivity index (χ4n) is 2.98. The van der Waals surface area contributed by atoms with Crippen molar-refractivity contribution < 1.29 is 4.57 Å². The van der Waals surface area contributed by atoms with Crippen LogP contribution >= 0.6 is 19.2 Å². The first-order valence-corrected chi connectivity index (χ1v) is 10.4. The van der Waals surface area contributed by atoms with Gasteiger partial charge < -0.3 is 0 Å². The first-order valence-electron chi connectivity index (χ1n) is 8.22. The van der Waals surface area contributed by atoms with E-state index >= 15 is 0 Å². The maximum atomic E-state index is 13.7. The second-order valence-electron chi connectivity index (χ2n) is 5.88. The predicted octanol–water partition coefficient (Wildman–Crippen LogP) is 3.94. The number of hydrogen-bond acceptors (Lipinski definition) is 1. The molecule has 1 N–H and O–H groups in total. The maximum absolute atomic E-state index is 13.7. The van der Waals surface area contributed by atoms with Gasteiger partial charge in [-0.3, -0.25) is 4.57 Å². The summed E-state index contributed by atoms with van der Waals surface area (Å²) in [6.45, 7) is 3.45. The van der Waals surface area contributed by atoms with Gasteiger partial charge in [0, 0.05) is 38.6 Å². The molecule has 24 heavy (non-hydrogen) atoms. The largest absolute Gasteiger partial charge is 0.284 e. The molecule has 1 aliphatic heterocycles. The predicted molar refractivity (Wildman–Crippen MR) is 100 cm³/mol. The van der Waals surface area contributed by atoms with Crippen LogP contribution in [-0.4, -0.2) is 34.9 Å². The summed E-state index contributed by atoms with van der Waals surface area (Å²) in [6.07, 6.45) is 0. The fraction of sp³-hybridized carbons (Fsp3) is 0.333. The number of benzene rings is 2. The Labute approximate surface area is 149 Å². The van der Waals surface area contributed by atoms with E-state index < -0.39 is 7.59 Å². The minimum absolute atomic E-state index is 0.482. The Hall–Kier alpha value is -1.16. The van der Waals surface area contributed by atoms with E-state index in [1.165, 1.54) is 5.56 Å². The Morgan fingerprint density at radius 1 is 0.917 bits per heavy atom. The van der Waals surface area contributed by atoms with Crippen molar-refractivity contribution in [2.45, 2.75) is 13.1 Å². The molecule has 0 aliphatic carbocycles. The van der Waals surface area contributed by atoms with Crippen LogP contribution in [-0.2, 0) is 17.7 Å². The molecule has 0 amide bonds. The van der Waals surface area contributed by atoms with Crippen LogP contribution in [0.3, 0.4) is 0 Å². The van der Waals surface area contributed by atoms with Crippen LogP contribution in [0.25, 0.3) is 0 Å². The van der Waals surface area contributed by atoms with Gasteiger partial charge in [-0.15, -0.1) is 11.6 Å². The Morgan fingerprint density at radius 3 is 2.12 bits per heavy atom. The maximum Gasteiger partial charge on any atom is 0.284 e. The standard InChI is InChI=1S/C18H23ClN3OP/c19-11-12-21-13-14-22(16-18-9-5-2-6-10-18)24(21,23)20-15-17-7-3-1-4-8-17/h1-10H,11-16H2,(H,20,23). The number of rotatable bonds is 7. The molecular formula is C18H23ClN3OP. The molecular weight excluding hydrogens is 341 g/mol. The van der Waals surface area contributed by atoms with Gasteiger partial charge >= 0.3 is 0 Å². The van der Waals surface area contributed by atoms with E-state index in [1.807, 2.05) is 53.2 Å². The Bertz CT molecular complexity index is 683. The molecule has 0 radical (unpaired) electrons. The highest BCUT2D eigenvalue weighted by atomic mass is 35.5. The molecule has 0 aromatic heterocycles. The zero-order valence-electron chi connectivity index (χ0n) is 13.6. The van der Waals surface area contributed by atoms with Gasteiger partial charge in [0.1, 0.15) is 0 Å². The van der Waals surface area contributed by atoms with Crippen LogP contribution in [0.4, 0.5) is 0 Å². The van der Waals surface area contributed by atoms with E-state index in [0.717, 1.165) is 18.7 Å². The van der Waals surface area contributed by atoms with Crippen molar-refractivity contribution in [3.05, 3.63) is 71.8 Å². The lowest BCUT2D eigenvalue weighted by Crippen LogP contribution is -2.30. The zero-order chi connectivity index (χ0) is 16.8. The number of hydrogen-bond donors (Lipinski definition) is 1. The molecule has 2 aromatic carbocycles. The monoisotopic (exact) mass is 363 g/mol. The normalized spacial score (nSPS) is 22.0. The minimum Gasteiger partial charge on any atom is -0.270 e. The van der Waals surface area contributed by atoms with Crippen molar-refractivity contribution in [2.75, 3.05) is 25.5 Å². The van der Waals surface area contributed by atoms with Gasteiger partial charge in [-0.1, -0.05) is 60.7 Å². The summed E-state index contributed by atoms with van der Waals surface area (Å²) in [6, 6.07) is 20.3. The van der Waals surface area contributed by atoms with E-state index in [1.54, 1.807) is 0 Å². The highest BCUT2D eigenvalue weighted by Crippen LogP contribution is 2.53. The number of nitrogens with zero attached hydrogens (tertiary/aromatic N) is 2. The average Bonchev–Trinajstić information content (AvgIpc) is 2.92. The topological polar surface area (TPSA) is 35.6 Å². The molecule has 3 rings (SSSR count). The van der Waals surface area contributed by atoms with Gasteiger partial charge in [-0.2, -0.15) is 0 Å². The molecule has 128 valence electrons. The number of halogens is 1. The molecule has 0 bridgehead atoms. The molecule has 1 saturated heterocycles. The van der Waals surface area contributed by atoms with Crippen LogP contribution < -0.4 is 5.09 Å². The summed E-state index contributed by atoms with van der Waals surface area (Å²) < 4.78 is 17.8. The van der Waals surface area contributed by atoms with Crippen molar-refractivity contribution in [3.63, 3.8) is 0 Å². The lowest BCUT2D eigenvalue weighted by Gasteiger charge is -2.30. The summed E-state index contributed by atoms with van der Waals surface area (Å²) in [4.78, 5) is 0. The van der Waals surface area contributed by atoms with Crippen LogP contribution in [0.5, 0.6) is 0 Å². The second-order valence-corrected chi connectivity index (χ2v) is 8.79. The van der Waals surface area contributed by atoms with Gasteiger partial charge in [0.2, 0.25) is 0 Å². The molecule has 1 aliphatic rings. The summed E-state index contributed by atoms with van der Waals surface area (Å²) in [5, 5.41) is 3.33. The van der Waals surface area contributed by atoms with Crippen LogP contribution in [0.1, 0.15) is 11.1 Å². The third-order valence-electron chi connectivity index (χ3n) is 4.27. The van der Waals surface area contributed by atoms with Crippen molar-refractivity contribution in [2.24, 2.45) is 0 Å². The highest BCUT2D eigenvalue weighted by molar-refractivity contribution is 7.57. The van der Waals surface area contributed by atoms with E-state index in [0.29, 0.717) is 25.5 Å². The Balaban J connectivity index is 1.75. The van der Waals surface area contributed by atoms with Crippen molar-refractivity contribution in [3.8, 4) is 0 Å². The first-order chi connectivity index (χ1) is 11.7. The van der Waals surface area contributed by atoms with E-state index in [-0.39, 0.29) is 0 Å². The van der Waals surface area contributed by atoms with E-state index in [4.69, 9.17) is 11.6 Å². The molecule has 2 aromatic rings. The quantitative estimate of drug-likeness (QED) is 0.597. The SMILES string of the molecule is O=P1(NCc2ccccc2)N(CCCl)CCN1Cc1ccccc1. The molecule has 6 heteroatoms. The van der Waals surface area contributed by atoms with Gasteiger partial charge in [-0.05, 0) is 11.1 Å². The lowest BCUT2D eigenvalue weighted by atomic mass is 10.2. The smallest absolute Gasteiger partial charge is 0.270 e. The second kappa shape index (κ2) is 8.28. The van der Waals surface area contributed by atoms with Crippen molar-refractivity contribution >= 4 is 19.2 Å². The number of alkyl halides is 1. The van der Waals surface area contributed by atoms with E-state index in [2.05, 4.69) is 21.9 Å². The van der Waals surface area contributed by atoms with Gasteiger partial charge in [0.25, 0.3) is 7.59 Å². The molecule has 1 atom stereocenters. The third kappa shape index (κ3) is 4.08. The molecule has 1 unspecified atom stereocenters. The van der Waals surface area contributed by atoms with Gasteiger partial charge in [0.05, 0.1) is 0 Å². The summed E-state index contributed by atoms with van der Waals surface area (Å²) in [5.74, 6) is 0.482. The van der Waals surface area contributed by atoms with Gasteiger partial charge in [0.15, 0.2) is 0 Å². The van der Waals surface area contributed by atoms with Crippen LogP contribution in [0.15, 0.2) is 60.7 Å². The molecule has 0 saturated carbocycles. The van der Waals surface area contributed by atoms with Crippen LogP contribution in [0.2, 0.25) is 0 Å².